The molecule has 0 aliphatic rings. The van der Waals surface area contributed by atoms with Crippen molar-refractivity contribution in [2.75, 3.05) is 12.4 Å². The molecule has 0 atom stereocenters. The summed E-state index contributed by atoms with van der Waals surface area (Å²) >= 11 is 0. The van der Waals surface area contributed by atoms with Gasteiger partial charge in [-0.25, -0.2) is 0 Å². The number of hydrogen-bond donors (Lipinski definition) is 4. The number of benzene rings is 1. The Labute approximate surface area is 71.9 Å². The Bertz CT molecular complexity index is 204. The Morgan fingerprint density at radius 3 is 1.58 bits per heavy atom. The Kier molecular flexibility index (Phi) is 4.78. The van der Waals surface area contributed by atoms with E-state index in [9.17, 15) is 0 Å². The van der Waals surface area contributed by atoms with E-state index >= 15 is 0 Å². The molecule has 5 heteroatoms. The maximum absolute atomic E-state index is 7.77. The number of nitrogen functional groups attached to an aromatic ring is 1. The molecule has 4 nitrogen and oxygen atoms in total. The van der Waals surface area contributed by atoms with Crippen LogP contribution in [-0.2, 0) is 0 Å². The third kappa shape index (κ3) is 12.0. The average Bonchev–Trinajstić information content (AvgIpc) is 1.85. The number of hydrogen-bond acceptors (Lipinski definition) is 4. The van der Waals surface area contributed by atoms with Crippen molar-refractivity contribution in [3.63, 3.8) is 0 Å². The van der Waals surface area contributed by atoms with Gasteiger partial charge in [-0.05, 0) is 12.1 Å². The van der Waals surface area contributed by atoms with E-state index in [0.29, 0.717) is 0 Å². The first-order valence-electron chi connectivity index (χ1n) is 3.37. The summed E-state index contributed by atoms with van der Waals surface area (Å²) in [6, 6.07) is 9.49. The predicted octanol–water partition coefficient (Wildman–Crippen LogP) is 0.357. The van der Waals surface area contributed by atoms with Crippen LogP contribution in [0, 0.1) is 0 Å². The Morgan fingerprint density at radius 2 is 1.42 bits per heavy atom. The van der Waals surface area contributed by atoms with E-state index in [1.807, 2.05) is 30.3 Å². The van der Waals surface area contributed by atoms with Crippen LogP contribution in [0.1, 0.15) is 0 Å². The van der Waals surface area contributed by atoms with Gasteiger partial charge < -0.3 is 5.73 Å². The van der Waals surface area contributed by atoms with E-state index in [0.717, 1.165) is 12.4 Å². The van der Waals surface area contributed by atoms with Crippen molar-refractivity contribution in [2.45, 2.75) is 0 Å². The van der Waals surface area contributed by atoms with Crippen LogP contribution in [0.15, 0.2) is 30.3 Å². The largest absolute Gasteiger partial charge is 0.399 e. The van der Waals surface area contributed by atoms with Gasteiger partial charge in [0.05, 0.1) is 0 Å². The Hall–Kier alpha value is -0.670. The standard InChI is InChI=1S/C6H7N.CH7O3P/c7-6-4-2-1-3-5-6;1-5(2,3)4/h1-5H,7H2;2-5H,1H3. The van der Waals surface area contributed by atoms with Crippen molar-refractivity contribution < 1.29 is 14.7 Å². The fraction of sp³-hybridized carbons (Fsp3) is 0.143. The molecule has 0 unspecified atom stereocenters. The second-order valence-electron chi connectivity index (χ2n) is 2.38. The van der Waals surface area contributed by atoms with Crippen molar-refractivity contribution in [1.29, 1.82) is 0 Å². The van der Waals surface area contributed by atoms with E-state index in [1.54, 1.807) is 0 Å². The van der Waals surface area contributed by atoms with Crippen molar-refractivity contribution in [3.05, 3.63) is 30.3 Å². The molecule has 0 bridgehead atoms. The van der Waals surface area contributed by atoms with Crippen molar-refractivity contribution >= 4 is 13.6 Å². The topological polar surface area (TPSA) is 86.7 Å². The second-order valence-corrected chi connectivity index (χ2v) is 4.32. The molecule has 0 aromatic heterocycles. The molecular formula is C7H14NO3P. The summed E-state index contributed by atoms with van der Waals surface area (Å²) in [4.78, 5) is 23.3. The molecule has 12 heavy (non-hydrogen) atoms. The van der Waals surface area contributed by atoms with Gasteiger partial charge in [-0.15, -0.1) is 0 Å². The minimum atomic E-state index is -3.61. The summed E-state index contributed by atoms with van der Waals surface area (Å²) in [5, 5.41) is 0. The first kappa shape index (κ1) is 11.3. The van der Waals surface area contributed by atoms with Crippen LogP contribution in [0.5, 0.6) is 0 Å². The minimum Gasteiger partial charge on any atom is -0.399 e. The van der Waals surface area contributed by atoms with Gasteiger partial charge in [-0.3, -0.25) is 0 Å². The molecule has 1 aromatic carbocycles. The molecule has 0 saturated heterocycles. The second kappa shape index (κ2) is 5.06. The Morgan fingerprint density at radius 1 is 1.08 bits per heavy atom. The predicted molar refractivity (Wildman–Crippen MR) is 51.7 cm³/mol. The molecule has 0 heterocycles. The molecule has 0 radical (unpaired) electrons. The molecule has 0 amide bonds. The smallest absolute Gasteiger partial charge is 0.0313 e. The van der Waals surface area contributed by atoms with Crippen molar-refractivity contribution in [2.24, 2.45) is 0 Å². The molecule has 0 fully saturated rings. The fourth-order valence-corrected chi connectivity index (χ4v) is 0.453. The van der Waals surface area contributed by atoms with Crippen LogP contribution in [0.2, 0.25) is 0 Å². The van der Waals surface area contributed by atoms with Crippen LogP contribution in [-0.4, -0.2) is 21.3 Å². The van der Waals surface area contributed by atoms with Crippen LogP contribution >= 0.6 is 7.94 Å². The molecule has 5 N–H and O–H groups in total. The van der Waals surface area contributed by atoms with E-state index in [-0.39, 0.29) is 0 Å². The van der Waals surface area contributed by atoms with Gasteiger partial charge in [-0.2, -0.15) is 0 Å². The first-order chi connectivity index (χ1) is 5.39. The van der Waals surface area contributed by atoms with Crippen LogP contribution in [0.4, 0.5) is 5.69 Å². The van der Waals surface area contributed by atoms with Crippen LogP contribution in [0.3, 0.4) is 0 Å². The Balaban J connectivity index is 0.000000217. The van der Waals surface area contributed by atoms with Gasteiger partial charge in [0.25, 0.3) is 0 Å². The maximum atomic E-state index is 7.77. The van der Waals surface area contributed by atoms with Crippen molar-refractivity contribution in [3.8, 4) is 0 Å². The monoisotopic (exact) mass is 191 g/mol. The minimum absolute atomic E-state index is 0.822. The van der Waals surface area contributed by atoms with Gasteiger partial charge in [0.2, 0.25) is 0 Å². The molecule has 1 aromatic rings. The molecule has 0 aliphatic heterocycles. The third-order valence-electron chi connectivity index (χ3n) is 0.800. The number of rotatable bonds is 0. The molecule has 0 spiro atoms. The number of nitrogens with two attached hydrogens (primary N) is 1. The van der Waals surface area contributed by atoms with Gasteiger partial charge in [-0.1, -0.05) is 18.2 Å². The molecular weight excluding hydrogens is 177 g/mol. The normalized spacial score (nSPS) is 11.3. The van der Waals surface area contributed by atoms with E-state index < -0.39 is 7.94 Å². The summed E-state index contributed by atoms with van der Waals surface area (Å²) < 4.78 is 0. The summed E-state index contributed by atoms with van der Waals surface area (Å²) in [5.41, 5.74) is 6.18. The third-order valence-corrected chi connectivity index (χ3v) is 0.800. The van der Waals surface area contributed by atoms with Gasteiger partial charge in [0.15, 0.2) is 0 Å². The van der Waals surface area contributed by atoms with Crippen LogP contribution < -0.4 is 5.73 Å². The van der Waals surface area contributed by atoms with E-state index in [1.165, 1.54) is 0 Å². The van der Waals surface area contributed by atoms with Gasteiger partial charge in [0, 0.05) is 5.69 Å². The first-order valence-corrected chi connectivity index (χ1v) is 5.71. The quantitative estimate of drug-likeness (QED) is 0.352. The summed E-state index contributed by atoms with van der Waals surface area (Å²) in [6.07, 6.45) is 0. The van der Waals surface area contributed by atoms with E-state index in [2.05, 4.69) is 0 Å². The summed E-state index contributed by atoms with van der Waals surface area (Å²) in [5.74, 6) is 0. The fourth-order valence-electron chi connectivity index (χ4n) is 0.453. The zero-order valence-corrected chi connectivity index (χ0v) is 7.81. The molecule has 1 rings (SSSR count). The number of anilines is 1. The summed E-state index contributed by atoms with van der Waals surface area (Å²) in [6.45, 7) is 0.993. The molecule has 70 valence electrons. The van der Waals surface area contributed by atoms with Gasteiger partial charge in [0.1, 0.15) is 0 Å². The van der Waals surface area contributed by atoms with Crippen LogP contribution in [0.25, 0.3) is 0 Å². The SMILES string of the molecule is C[PH](O)(O)O.Nc1ccccc1. The van der Waals surface area contributed by atoms with Crippen molar-refractivity contribution in [1.82, 2.24) is 0 Å². The summed E-state index contributed by atoms with van der Waals surface area (Å²) in [7, 11) is -3.61. The number of para-hydroxylation sites is 1. The molecule has 0 saturated carbocycles. The average molecular weight is 191 g/mol. The zero-order chi connectivity index (χ0) is 9.61. The van der Waals surface area contributed by atoms with E-state index in [4.69, 9.17) is 20.4 Å². The van der Waals surface area contributed by atoms with Gasteiger partial charge >= 0.3 is 29.3 Å². The molecule has 0 aliphatic carbocycles. The zero-order valence-electron chi connectivity index (χ0n) is 6.81. The maximum Gasteiger partial charge on any atom is 0.0313 e.